The number of rotatable bonds is 4. The number of aryl methyl sites for hydroxylation is 1. The molecule has 1 N–H and O–H groups in total. The number of nitrogens with one attached hydrogen (secondary N) is 1. The Morgan fingerprint density at radius 1 is 1.47 bits per heavy atom. The van der Waals surface area contributed by atoms with Gasteiger partial charge in [0.05, 0.1) is 5.69 Å². The van der Waals surface area contributed by atoms with Gasteiger partial charge in [-0.1, -0.05) is 0 Å². The summed E-state index contributed by atoms with van der Waals surface area (Å²) < 4.78 is 6.83. The molecular weight excluding hydrogens is 246 g/mol. The number of aldehydes is 1. The Morgan fingerprint density at radius 3 is 2.58 bits per heavy atom. The van der Waals surface area contributed by atoms with Crippen molar-refractivity contribution in [2.24, 2.45) is 0 Å². The van der Waals surface area contributed by atoms with Crippen LogP contribution in [0.5, 0.6) is 0 Å². The fraction of sp³-hybridized carbons (Fsp3) is 0.615. The second-order valence-corrected chi connectivity index (χ2v) is 5.48. The van der Waals surface area contributed by atoms with Crippen molar-refractivity contribution in [2.45, 2.75) is 52.3 Å². The van der Waals surface area contributed by atoms with Crippen LogP contribution >= 0.6 is 0 Å². The first-order chi connectivity index (χ1) is 8.72. The first kappa shape index (κ1) is 15.2. The monoisotopic (exact) mass is 267 g/mol. The Hall–Kier alpha value is -1.85. The minimum atomic E-state index is -1.16. The van der Waals surface area contributed by atoms with Crippen LogP contribution in [0.15, 0.2) is 12.3 Å². The standard InChI is InChI=1S/C13H21N3O3/c1-6-16-10(7-8-14-16)13(5,9-17)15-11(18)19-12(2,3)4/h7-9H,6H2,1-5H3,(H,15,18). The van der Waals surface area contributed by atoms with E-state index in [-0.39, 0.29) is 0 Å². The fourth-order valence-electron chi connectivity index (χ4n) is 1.70. The van der Waals surface area contributed by atoms with Crippen molar-refractivity contribution in [2.75, 3.05) is 0 Å². The van der Waals surface area contributed by atoms with Gasteiger partial charge < -0.3 is 14.8 Å². The molecule has 106 valence electrons. The van der Waals surface area contributed by atoms with Crippen molar-refractivity contribution in [1.82, 2.24) is 15.1 Å². The van der Waals surface area contributed by atoms with Crippen LogP contribution in [0.2, 0.25) is 0 Å². The van der Waals surface area contributed by atoms with E-state index in [0.29, 0.717) is 18.5 Å². The van der Waals surface area contributed by atoms with Crippen molar-refractivity contribution in [3.63, 3.8) is 0 Å². The summed E-state index contributed by atoms with van der Waals surface area (Å²) in [6.07, 6.45) is 1.64. The Kier molecular flexibility index (Phi) is 4.34. The highest BCUT2D eigenvalue weighted by atomic mass is 16.6. The summed E-state index contributed by atoms with van der Waals surface area (Å²) in [5.74, 6) is 0. The molecule has 0 bridgehead atoms. The van der Waals surface area contributed by atoms with Gasteiger partial charge in [0.1, 0.15) is 11.1 Å². The maximum absolute atomic E-state index is 11.8. The zero-order valence-electron chi connectivity index (χ0n) is 12.1. The highest BCUT2D eigenvalue weighted by molar-refractivity contribution is 5.77. The fourth-order valence-corrected chi connectivity index (χ4v) is 1.70. The number of amides is 1. The number of hydrogen-bond donors (Lipinski definition) is 1. The maximum Gasteiger partial charge on any atom is 0.408 e. The Balaban J connectivity index is 2.93. The number of aromatic nitrogens is 2. The molecule has 0 aliphatic rings. The first-order valence-corrected chi connectivity index (χ1v) is 6.21. The van der Waals surface area contributed by atoms with Crippen molar-refractivity contribution >= 4 is 12.4 Å². The van der Waals surface area contributed by atoms with Crippen molar-refractivity contribution in [3.05, 3.63) is 18.0 Å². The molecule has 1 rings (SSSR count). The Bertz CT molecular complexity index is 462. The van der Waals surface area contributed by atoms with Crippen LogP contribution in [0, 0.1) is 0 Å². The molecule has 6 heteroatoms. The van der Waals surface area contributed by atoms with Crippen LogP contribution in [0.25, 0.3) is 0 Å². The van der Waals surface area contributed by atoms with Gasteiger partial charge in [0.25, 0.3) is 0 Å². The zero-order chi connectivity index (χ0) is 14.7. The van der Waals surface area contributed by atoms with E-state index in [1.165, 1.54) is 0 Å². The second-order valence-electron chi connectivity index (χ2n) is 5.48. The number of carbonyl (C=O) groups excluding carboxylic acids is 2. The van der Waals surface area contributed by atoms with Gasteiger partial charge in [0.15, 0.2) is 6.29 Å². The van der Waals surface area contributed by atoms with Gasteiger partial charge in [-0.3, -0.25) is 4.68 Å². The quantitative estimate of drug-likeness (QED) is 0.845. The summed E-state index contributed by atoms with van der Waals surface area (Å²) in [4.78, 5) is 23.2. The van der Waals surface area contributed by atoms with Crippen LogP contribution in [-0.4, -0.2) is 27.8 Å². The van der Waals surface area contributed by atoms with Crippen LogP contribution in [0.3, 0.4) is 0 Å². The minimum absolute atomic E-state index is 0.612. The average Bonchev–Trinajstić information content (AvgIpc) is 2.74. The molecule has 0 radical (unpaired) electrons. The lowest BCUT2D eigenvalue weighted by atomic mass is 10.00. The molecule has 0 aromatic carbocycles. The maximum atomic E-state index is 11.8. The molecule has 1 aromatic rings. The van der Waals surface area contributed by atoms with E-state index in [4.69, 9.17) is 4.74 Å². The molecule has 6 nitrogen and oxygen atoms in total. The average molecular weight is 267 g/mol. The molecule has 1 atom stereocenters. The lowest BCUT2D eigenvalue weighted by Gasteiger charge is -2.27. The number of nitrogens with zero attached hydrogens (tertiary/aromatic N) is 2. The van der Waals surface area contributed by atoms with E-state index in [1.54, 1.807) is 44.6 Å². The van der Waals surface area contributed by atoms with E-state index in [9.17, 15) is 9.59 Å². The molecule has 0 saturated carbocycles. The van der Waals surface area contributed by atoms with E-state index in [1.807, 2.05) is 6.92 Å². The van der Waals surface area contributed by atoms with Crippen molar-refractivity contribution < 1.29 is 14.3 Å². The molecule has 0 aliphatic heterocycles. The van der Waals surface area contributed by atoms with E-state index >= 15 is 0 Å². The molecule has 1 amide bonds. The number of ether oxygens (including phenoxy) is 1. The number of hydrogen-bond acceptors (Lipinski definition) is 4. The Morgan fingerprint density at radius 2 is 2.11 bits per heavy atom. The molecule has 1 aromatic heterocycles. The van der Waals surface area contributed by atoms with Gasteiger partial charge >= 0.3 is 6.09 Å². The summed E-state index contributed by atoms with van der Waals surface area (Å²) >= 11 is 0. The highest BCUT2D eigenvalue weighted by Gasteiger charge is 2.33. The normalized spacial score (nSPS) is 14.6. The predicted molar refractivity (Wildman–Crippen MR) is 70.7 cm³/mol. The summed E-state index contributed by atoms with van der Waals surface area (Å²) in [6.45, 7) is 9.44. The lowest BCUT2D eigenvalue weighted by molar-refractivity contribution is -0.113. The van der Waals surface area contributed by atoms with Crippen LogP contribution in [0.4, 0.5) is 4.79 Å². The zero-order valence-corrected chi connectivity index (χ0v) is 12.1. The molecule has 1 heterocycles. The third-order valence-electron chi connectivity index (χ3n) is 2.54. The molecule has 0 spiro atoms. The van der Waals surface area contributed by atoms with Gasteiger partial charge in [-0.25, -0.2) is 4.79 Å². The van der Waals surface area contributed by atoms with Crippen molar-refractivity contribution in [3.8, 4) is 0 Å². The molecule has 19 heavy (non-hydrogen) atoms. The van der Waals surface area contributed by atoms with Gasteiger partial charge in [0.2, 0.25) is 0 Å². The molecule has 0 fully saturated rings. The topological polar surface area (TPSA) is 73.2 Å². The van der Waals surface area contributed by atoms with E-state index in [2.05, 4.69) is 10.4 Å². The summed E-state index contributed by atoms with van der Waals surface area (Å²) in [5.41, 5.74) is -1.15. The van der Waals surface area contributed by atoms with Gasteiger partial charge in [-0.15, -0.1) is 0 Å². The van der Waals surface area contributed by atoms with Crippen molar-refractivity contribution in [1.29, 1.82) is 0 Å². The number of carbonyl (C=O) groups is 2. The van der Waals surface area contributed by atoms with E-state index < -0.39 is 17.2 Å². The lowest BCUT2D eigenvalue weighted by Crippen LogP contribution is -2.48. The number of alkyl carbamates (subject to hydrolysis) is 1. The van der Waals surface area contributed by atoms with Gasteiger partial charge in [0, 0.05) is 12.7 Å². The highest BCUT2D eigenvalue weighted by Crippen LogP contribution is 2.19. The summed E-state index contributed by atoms with van der Waals surface area (Å²) in [5, 5.41) is 6.68. The largest absolute Gasteiger partial charge is 0.444 e. The molecule has 0 saturated heterocycles. The molecule has 0 aliphatic carbocycles. The third-order valence-corrected chi connectivity index (χ3v) is 2.54. The SMILES string of the molecule is CCn1nccc1C(C)(C=O)NC(=O)OC(C)(C)C. The third kappa shape index (κ3) is 3.81. The van der Waals surface area contributed by atoms with Crippen LogP contribution in [0.1, 0.15) is 40.3 Å². The Labute approximate surface area is 113 Å². The van der Waals surface area contributed by atoms with Gasteiger partial charge in [-0.05, 0) is 40.7 Å². The predicted octanol–water partition coefficient (Wildman–Crippen LogP) is 1.84. The molecular formula is C13H21N3O3. The molecule has 1 unspecified atom stereocenters. The first-order valence-electron chi connectivity index (χ1n) is 6.21. The minimum Gasteiger partial charge on any atom is -0.444 e. The second kappa shape index (κ2) is 5.42. The smallest absolute Gasteiger partial charge is 0.408 e. The van der Waals surface area contributed by atoms with Crippen LogP contribution < -0.4 is 5.32 Å². The summed E-state index contributed by atoms with van der Waals surface area (Å²) in [7, 11) is 0. The van der Waals surface area contributed by atoms with E-state index in [0.717, 1.165) is 0 Å². The summed E-state index contributed by atoms with van der Waals surface area (Å²) in [6, 6.07) is 1.70. The van der Waals surface area contributed by atoms with Crippen LogP contribution in [-0.2, 0) is 21.6 Å². The van der Waals surface area contributed by atoms with Gasteiger partial charge in [-0.2, -0.15) is 5.10 Å².